The molecule has 0 saturated heterocycles. The highest BCUT2D eigenvalue weighted by Gasteiger charge is 2.50. The smallest absolute Gasteiger partial charge is 0.335 e. The van der Waals surface area contributed by atoms with Gasteiger partial charge in [0.15, 0.2) is 0 Å². The van der Waals surface area contributed by atoms with E-state index in [1.807, 2.05) is 6.92 Å². The van der Waals surface area contributed by atoms with Gasteiger partial charge in [-0.1, -0.05) is 6.58 Å². The monoisotopic (exact) mass is 278 g/mol. The third kappa shape index (κ3) is 2.78. The molecule has 0 atom stereocenters. The van der Waals surface area contributed by atoms with E-state index < -0.39 is 0 Å². The SMILES string of the molecule is C=C(COCC12CC3CC(CC(C3)C1)C2)C(=O)OCC. The van der Waals surface area contributed by atoms with Gasteiger partial charge in [-0.2, -0.15) is 0 Å². The highest BCUT2D eigenvalue weighted by Crippen LogP contribution is 2.60. The van der Waals surface area contributed by atoms with Crippen molar-refractivity contribution in [2.75, 3.05) is 19.8 Å². The summed E-state index contributed by atoms with van der Waals surface area (Å²) in [6.45, 7) is 7.08. The highest BCUT2D eigenvalue weighted by molar-refractivity contribution is 5.87. The molecule has 0 aromatic heterocycles. The molecular formula is C17H26O3. The Morgan fingerprint density at radius 1 is 1.15 bits per heavy atom. The van der Waals surface area contributed by atoms with Crippen LogP contribution in [0.4, 0.5) is 0 Å². The zero-order chi connectivity index (χ0) is 14.2. The molecule has 0 aliphatic heterocycles. The lowest BCUT2D eigenvalue weighted by Crippen LogP contribution is -2.48. The van der Waals surface area contributed by atoms with E-state index in [9.17, 15) is 4.79 Å². The predicted molar refractivity (Wildman–Crippen MR) is 77.2 cm³/mol. The van der Waals surface area contributed by atoms with E-state index >= 15 is 0 Å². The fraction of sp³-hybridized carbons (Fsp3) is 0.824. The maximum absolute atomic E-state index is 11.5. The Balaban J connectivity index is 1.49. The zero-order valence-electron chi connectivity index (χ0n) is 12.5. The van der Waals surface area contributed by atoms with Gasteiger partial charge in [-0.15, -0.1) is 0 Å². The van der Waals surface area contributed by atoms with E-state index in [-0.39, 0.29) is 5.97 Å². The lowest BCUT2D eigenvalue weighted by atomic mass is 9.50. The minimum Gasteiger partial charge on any atom is -0.463 e. The summed E-state index contributed by atoms with van der Waals surface area (Å²) in [6, 6.07) is 0. The molecule has 4 bridgehead atoms. The molecule has 4 saturated carbocycles. The molecule has 0 spiro atoms. The van der Waals surface area contributed by atoms with Crippen molar-refractivity contribution in [3.63, 3.8) is 0 Å². The molecule has 20 heavy (non-hydrogen) atoms. The second-order valence-electron chi connectivity index (χ2n) is 7.23. The van der Waals surface area contributed by atoms with E-state index in [2.05, 4.69) is 6.58 Å². The molecule has 4 rings (SSSR count). The normalized spacial score (nSPS) is 38.0. The second-order valence-corrected chi connectivity index (χ2v) is 7.23. The molecule has 3 nitrogen and oxygen atoms in total. The lowest BCUT2D eigenvalue weighted by Gasteiger charge is -2.56. The maximum Gasteiger partial charge on any atom is 0.335 e. The molecule has 0 aromatic carbocycles. The Morgan fingerprint density at radius 2 is 1.70 bits per heavy atom. The summed E-state index contributed by atoms with van der Waals surface area (Å²) in [5.74, 6) is 2.51. The van der Waals surface area contributed by atoms with Crippen LogP contribution in [0.2, 0.25) is 0 Å². The third-order valence-electron chi connectivity index (χ3n) is 5.41. The molecule has 0 aromatic rings. The van der Waals surface area contributed by atoms with Crippen molar-refractivity contribution >= 4 is 5.97 Å². The van der Waals surface area contributed by atoms with Crippen molar-refractivity contribution < 1.29 is 14.3 Å². The number of carbonyl (C=O) groups excluding carboxylic acids is 1. The van der Waals surface area contributed by atoms with Crippen molar-refractivity contribution in [3.05, 3.63) is 12.2 Å². The van der Waals surface area contributed by atoms with Gasteiger partial charge in [0.05, 0.1) is 25.4 Å². The van der Waals surface area contributed by atoms with Crippen LogP contribution in [0.15, 0.2) is 12.2 Å². The standard InChI is InChI=1S/C17H26O3/c1-3-20-16(18)12(2)10-19-11-17-7-13-4-14(8-17)6-15(5-13)9-17/h13-15H,2-11H2,1H3. The Labute approximate surface area is 121 Å². The summed E-state index contributed by atoms with van der Waals surface area (Å²) >= 11 is 0. The first kappa shape index (κ1) is 14.1. The predicted octanol–water partition coefficient (Wildman–Crippen LogP) is 3.34. The van der Waals surface area contributed by atoms with Crippen molar-refractivity contribution in [3.8, 4) is 0 Å². The maximum atomic E-state index is 11.5. The highest BCUT2D eigenvalue weighted by atomic mass is 16.5. The number of hydrogen-bond donors (Lipinski definition) is 0. The summed E-state index contributed by atoms with van der Waals surface area (Å²) in [5.41, 5.74) is 0.848. The first-order valence-corrected chi connectivity index (χ1v) is 8.03. The Morgan fingerprint density at radius 3 is 2.20 bits per heavy atom. The van der Waals surface area contributed by atoms with E-state index in [4.69, 9.17) is 9.47 Å². The van der Waals surface area contributed by atoms with Gasteiger partial charge in [0.25, 0.3) is 0 Å². The van der Waals surface area contributed by atoms with E-state index in [0.29, 0.717) is 24.2 Å². The number of ether oxygens (including phenoxy) is 2. The Bertz CT molecular complexity index is 364. The molecule has 0 radical (unpaired) electrons. The van der Waals surface area contributed by atoms with Gasteiger partial charge < -0.3 is 9.47 Å². The van der Waals surface area contributed by atoms with Crippen LogP contribution in [0.5, 0.6) is 0 Å². The molecule has 4 fully saturated rings. The second kappa shape index (κ2) is 5.51. The van der Waals surface area contributed by atoms with Gasteiger partial charge >= 0.3 is 5.97 Å². The largest absolute Gasteiger partial charge is 0.463 e. The van der Waals surface area contributed by atoms with Gasteiger partial charge in [-0.3, -0.25) is 0 Å². The van der Waals surface area contributed by atoms with Crippen LogP contribution in [-0.2, 0) is 14.3 Å². The number of rotatable bonds is 6. The van der Waals surface area contributed by atoms with Crippen LogP contribution in [0.1, 0.15) is 45.4 Å². The van der Waals surface area contributed by atoms with Gasteiger partial charge in [0.1, 0.15) is 0 Å². The number of hydrogen-bond acceptors (Lipinski definition) is 3. The minimum absolute atomic E-state index is 0.320. The Kier molecular flexibility index (Phi) is 3.89. The fourth-order valence-electron chi connectivity index (χ4n) is 5.15. The summed E-state index contributed by atoms with van der Waals surface area (Å²) in [6.07, 6.45) is 8.37. The first-order chi connectivity index (χ1) is 9.60. The molecule has 3 heteroatoms. The van der Waals surface area contributed by atoms with Crippen molar-refractivity contribution in [2.24, 2.45) is 23.2 Å². The van der Waals surface area contributed by atoms with Crippen LogP contribution in [-0.4, -0.2) is 25.8 Å². The fourth-order valence-corrected chi connectivity index (χ4v) is 5.15. The van der Waals surface area contributed by atoms with E-state index in [1.165, 1.54) is 38.5 Å². The van der Waals surface area contributed by atoms with Gasteiger partial charge in [0, 0.05) is 0 Å². The third-order valence-corrected chi connectivity index (χ3v) is 5.41. The van der Waals surface area contributed by atoms with Crippen LogP contribution in [0.3, 0.4) is 0 Å². The molecule has 4 aliphatic carbocycles. The molecule has 0 heterocycles. The lowest BCUT2D eigenvalue weighted by molar-refractivity contribution is -0.140. The van der Waals surface area contributed by atoms with Gasteiger partial charge in [-0.05, 0) is 68.6 Å². The van der Waals surface area contributed by atoms with Crippen LogP contribution in [0, 0.1) is 23.2 Å². The van der Waals surface area contributed by atoms with E-state index in [0.717, 1.165) is 24.4 Å². The van der Waals surface area contributed by atoms with Gasteiger partial charge in [-0.25, -0.2) is 4.79 Å². The minimum atomic E-state index is -0.321. The number of carbonyl (C=O) groups is 1. The quantitative estimate of drug-likeness (QED) is 0.552. The van der Waals surface area contributed by atoms with Crippen molar-refractivity contribution in [2.45, 2.75) is 45.4 Å². The number of esters is 1. The first-order valence-electron chi connectivity index (χ1n) is 8.03. The molecule has 0 unspecified atom stereocenters. The van der Waals surface area contributed by atoms with E-state index in [1.54, 1.807) is 0 Å². The molecule has 0 N–H and O–H groups in total. The van der Waals surface area contributed by atoms with Crippen molar-refractivity contribution in [1.82, 2.24) is 0 Å². The van der Waals surface area contributed by atoms with Crippen LogP contribution < -0.4 is 0 Å². The summed E-state index contributed by atoms with van der Waals surface area (Å²) in [5, 5.41) is 0. The zero-order valence-corrected chi connectivity index (χ0v) is 12.5. The van der Waals surface area contributed by atoms with Crippen LogP contribution >= 0.6 is 0 Å². The molecule has 112 valence electrons. The molecule has 0 amide bonds. The summed E-state index contributed by atoms with van der Waals surface area (Å²) < 4.78 is 10.8. The van der Waals surface area contributed by atoms with Gasteiger partial charge in [0.2, 0.25) is 0 Å². The topological polar surface area (TPSA) is 35.5 Å². The molecular weight excluding hydrogens is 252 g/mol. The summed E-state index contributed by atoms with van der Waals surface area (Å²) in [7, 11) is 0. The molecule has 4 aliphatic rings. The average molecular weight is 278 g/mol. The summed E-state index contributed by atoms with van der Waals surface area (Å²) in [4.78, 5) is 11.5. The van der Waals surface area contributed by atoms with Crippen molar-refractivity contribution in [1.29, 1.82) is 0 Å². The van der Waals surface area contributed by atoms with Crippen LogP contribution in [0.25, 0.3) is 0 Å². The Hall–Kier alpha value is -0.830. The average Bonchev–Trinajstić information content (AvgIpc) is 2.36.